The Hall–Kier alpha value is -2.31. The highest BCUT2D eigenvalue weighted by molar-refractivity contribution is 5.69. The van der Waals surface area contributed by atoms with E-state index in [1.54, 1.807) is 0 Å². The minimum Gasteiger partial charge on any atom is -0.467 e. The van der Waals surface area contributed by atoms with Crippen molar-refractivity contribution in [2.75, 3.05) is 12.3 Å². The van der Waals surface area contributed by atoms with Gasteiger partial charge in [-0.1, -0.05) is 29.3 Å². The number of benzene rings is 1. The third kappa shape index (κ3) is 4.08. The van der Waals surface area contributed by atoms with Crippen molar-refractivity contribution in [3.05, 3.63) is 35.5 Å². The lowest BCUT2D eigenvalue weighted by Crippen LogP contribution is -2.20. The molecule has 21 heavy (non-hydrogen) atoms. The molecule has 0 bridgehead atoms. The fourth-order valence-electron chi connectivity index (χ4n) is 1.97. The highest BCUT2D eigenvalue weighted by Gasteiger charge is 2.29. The lowest BCUT2D eigenvalue weighted by atomic mass is 10.0. The van der Waals surface area contributed by atoms with Crippen LogP contribution in [0.5, 0.6) is 5.88 Å². The van der Waals surface area contributed by atoms with Crippen molar-refractivity contribution in [2.24, 2.45) is 0 Å². The summed E-state index contributed by atoms with van der Waals surface area (Å²) in [7, 11) is 0. The summed E-state index contributed by atoms with van der Waals surface area (Å²) in [6.07, 6.45) is -3.08. The molecule has 2 N–H and O–H groups in total. The van der Waals surface area contributed by atoms with E-state index in [-0.39, 0.29) is 11.8 Å². The molecule has 0 aliphatic carbocycles. The Balaban J connectivity index is 2.43. The van der Waals surface area contributed by atoms with Gasteiger partial charge in [-0.05, 0) is 19.4 Å². The molecule has 0 spiro atoms. The van der Waals surface area contributed by atoms with Gasteiger partial charge in [0.15, 0.2) is 6.61 Å². The van der Waals surface area contributed by atoms with E-state index in [1.165, 1.54) is 6.20 Å². The number of alkyl halides is 3. The minimum absolute atomic E-state index is 0.139. The zero-order valence-corrected chi connectivity index (χ0v) is 11.5. The quantitative estimate of drug-likeness (QED) is 0.944. The second-order valence-electron chi connectivity index (χ2n) is 4.73. The van der Waals surface area contributed by atoms with E-state index in [4.69, 9.17) is 10.5 Å². The van der Waals surface area contributed by atoms with Crippen molar-refractivity contribution < 1.29 is 17.9 Å². The van der Waals surface area contributed by atoms with Crippen LogP contribution >= 0.6 is 0 Å². The number of aromatic nitrogens is 2. The molecule has 1 aromatic heterocycles. The molecule has 0 unspecified atom stereocenters. The Morgan fingerprint density at radius 1 is 1.14 bits per heavy atom. The number of halogens is 3. The molecule has 0 radical (unpaired) electrons. The van der Waals surface area contributed by atoms with E-state index in [1.807, 2.05) is 32.0 Å². The first-order chi connectivity index (χ1) is 9.74. The van der Waals surface area contributed by atoms with Gasteiger partial charge in [0.2, 0.25) is 11.8 Å². The standard InChI is InChI=1S/C14H14F3N3O/c1-8-3-9(2)5-10(4-8)11-6-19-13(18)20-12(11)21-7-14(15,16)17/h3-6H,7H2,1-2H3,(H2,18,19,20). The van der Waals surface area contributed by atoms with Gasteiger partial charge >= 0.3 is 6.18 Å². The molecule has 0 saturated heterocycles. The topological polar surface area (TPSA) is 61.0 Å². The molecule has 0 amide bonds. The van der Waals surface area contributed by atoms with Crippen LogP contribution in [-0.2, 0) is 0 Å². The third-order valence-corrected chi connectivity index (χ3v) is 2.68. The van der Waals surface area contributed by atoms with Crippen LogP contribution in [0, 0.1) is 13.8 Å². The predicted octanol–water partition coefficient (Wildman–Crippen LogP) is 3.28. The summed E-state index contributed by atoms with van der Waals surface area (Å²) in [5.41, 5.74) is 8.43. The molecular weight excluding hydrogens is 283 g/mol. The van der Waals surface area contributed by atoms with Crippen LogP contribution in [-0.4, -0.2) is 22.8 Å². The average Bonchev–Trinajstić information content (AvgIpc) is 2.34. The van der Waals surface area contributed by atoms with Gasteiger partial charge in [-0.3, -0.25) is 0 Å². The molecule has 1 aromatic carbocycles. The number of nitrogen functional groups attached to an aromatic ring is 1. The van der Waals surface area contributed by atoms with Crippen LogP contribution in [0.4, 0.5) is 19.1 Å². The van der Waals surface area contributed by atoms with Gasteiger partial charge in [0, 0.05) is 6.20 Å². The Kier molecular flexibility index (Phi) is 4.02. The molecule has 0 atom stereocenters. The van der Waals surface area contributed by atoms with E-state index >= 15 is 0 Å². The molecule has 4 nitrogen and oxygen atoms in total. The lowest BCUT2D eigenvalue weighted by molar-refractivity contribution is -0.154. The van der Waals surface area contributed by atoms with Gasteiger partial charge in [-0.15, -0.1) is 0 Å². The predicted molar refractivity (Wildman–Crippen MR) is 72.9 cm³/mol. The van der Waals surface area contributed by atoms with Crippen LogP contribution in [0.15, 0.2) is 24.4 Å². The molecular formula is C14H14F3N3O. The van der Waals surface area contributed by atoms with Crippen LogP contribution in [0.1, 0.15) is 11.1 Å². The van der Waals surface area contributed by atoms with Crippen molar-refractivity contribution >= 4 is 5.95 Å². The number of nitrogens with zero attached hydrogens (tertiary/aromatic N) is 2. The van der Waals surface area contributed by atoms with Crippen LogP contribution in [0.2, 0.25) is 0 Å². The van der Waals surface area contributed by atoms with Gasteiger partial charge in [0.1, 0.15) is 0 Å². The van der Waals surface area contributed by atoms with E-state index < -0.39 is 12.8 Å². The number of hydrogen-bond acceptors (Lipinski definition) is 4. The summed E-state index contributed by atoms with van der Waals surface area (Å²) in [5.74, 6) is -0.315. The van der Waals surface area contributed by atoms with Crippen LogP contribution < -0.4 is 10.5 Å². The Morgan fingerprint density at radius 2 is 1.76 bits per heavy atom. The van der Waals surface area contributed by atoms with Gasteiger partial charge in [-0.25, -0.2) is 4.98 Å². The minimum atomic E-state index is -4.44. The smallest absolute Gasteiger partial charge is 0.422 e. The van der Waals surface area contributed by atoms with Gasteiger partial charge < -0.3 is 10.5 Å². The summed E-state index contributed by atoms with van der Waals surface area (Å²) in [6, 6.07) is 5.60. The third-order valence-electron chi connectivity index (χ3n) is 2.68. The Bertz CT molecular complexity index is 636. The largest absolute Gasteiger partial charge is 0.467 e. The number of rotatable bonds is 3. The highest BCUT2D eigenvalue weighted by atomic mass is 19.4. The number of aryl methyl sites for hydroxylation is 2. The molecule has 0 fully saturated rings. The number of nitrogens with two attached hydrogens (primary N) is 1. The summed E-state index contributed by atoms with van der Waals surface area (Å²) in [5, 5.41) is 0. The maximum absolute atomic E-state index is 12.3. The van der Waals surface area contributed by atoms with Gasteiger partial charge in [0.25, 0.3) is 0 Å². The molecule has 0 saturated carbocycles. The van der Waals surface area contributed by atoms with Crippen molar-refractivity contribution in [2.45, 2.75) is 20.0 Å². The second-order valence-corrected chi connectivity index (χ2v) is 4.73. The number of anilines is 1. The zero-order valence-electron chi connectivity index (χ0n) is 11.5. The van der Waals surface area contributed by atoms with Gasteiger partial charge in [0.05, 0.1) is 5.56 Å². The molecule has 2 rings (SSSR count). The van der Waals surface area contributed by atoms with Gasteiger partial charge in [-0.2, -0.15) is 18.2 Å². The summed E-state index contributed by atoms with van der Waals surface area (Å²) in [4.78, 5) is 7.58. The first-order valence-corrected chi connectivity index (χ1v) is 6.15. The van der Waals surface area contributed by atoms with E-state index in [2.05, 4.69) is 9.97 Å². The molecule has 2 aromatic rings. The van der Waals surface area contributed by atoms with Crippen molar-refractivity contribution in [3.63, 3.8) is 0 Å². The van der Waals surface area contributed by atoms with E-state index in [9.17, 15) is 13.2 Å². The summed E-state index contributed by atoms with van der Waals surface area (Å²) >= 11 is 0. The summed E-state index contributed by atoms with van der Waals surface area (Å²) < 4.78 is 41.7. The molecule has 112 valence electrons. The van der Waals surface area contributed by atoms with E-state index in [0.29, 0.717) is 11.1 Å². The molecule has 0 aliphatic rings. The van der Waals surface area contributed by atoms with Crippen molar-refractivity contribution in [3.8, 4) is 17.0 Å². The average molecular weight is 297 g/mol. The maximum atomic E-state index is 12.3. The van der Waals surface area contributed by atoms with E-state index in [0.717, 1.165) is 11.1 Å². The van der Waals surface area contributed by atoms with Crippen molar-refractivity contribution in [1.82, 2.24) is 9.97 Å². The monoisotopic (exact) mass is 297 g/mol. The lowest BCUT2D eigenvalue weighted by Gasteiger charge is -2.13. The first-order valence-electron chi connectivity index (χ1n) is 6.15. The van der Waals surface area contributed by atoms with Crippen LogP contribution in [0.3, 0.4) is 0 Å². The number of hydrogen-bond donors (Lipinski definition) is 1. The molecule has 1 heterocycles. The Labute approximate surface area is 119 Å². The normalized spacial score (nSPS) is 11.5. The number of ether oxygens (including phenoxy) is 1. The SMILES string of the molecule is Cc1cc(C)cc(-c2cnc(N)nc2OCC(F)(F)F)c1. The second kappa shape index (κ2) is 5.59. The molecule has 7 heteroatoms. The zero-order chi connectivity index (χ0) is 15.6. The molecule has 0 aliphatic heterocycles. The fourth-order valence-corrected chi connectivity index (χ4v) is 1.97. The summed E-state index contributed by atoms with van der Waals surface area (Å²) in [6.45, 7) is 2.36. The van der Waals surface area contributed by atoms with Crippen molar-refractivity contribution in [1.29, 1.82) is 0 Å². The van der Waals surface area contributed by atoms with Crippen LogP contribution in [0.25, 0.3) is 11.1 Å². The maximum Gasteiger partial charge on any atom is 0.422 e. The Morgan fingerprint density at radius 3 is 2.33 bits per heavy atom. The highest BCUT2D eigenvalue weighted by Crippen LogP contribution is 2.30. The first kappa shape index (κ1) is 15.1. The fraction of sp³-hybridized carbons (Fsp3) is 0.286.